The second-order valence-electron chi connectivity index (χ2n) is 9.36. The summed E-state index contributed by atoms with van der Waals surface area (Å²) < 4.78 is 12.7. The molecule has 0 aliphatic carbocycles. The zero-order valence-corrected chi connectivity index (χ0v) is 19.8. The third-order valence-electron chi connectivity index (χ3n) is 7.19. The van der Waals surface area contributed by atoms with E-state index in [9.17, 15) is 9.90 Å². The van der Waals surface area contributed by atoms with Crippen molar-refractivity contribution in [2.24, 2.45) is 0 Å². The van der Waals surface area contributed by atoms with E-state index in [4.69, 9.17) is 9.15 Å². The Bertz CT molecular complexity index is 1510. The van der Waals surface area contributed by atoms with Gasteiger partial charge in [0.15, 0.2) is 0 Å². The molecule has 6 rings (SSSR count). The molecule has 1 aliphatic rings. The first kappa shape index (κ1) is 22.4. The molecule has 36 heavy (non-hydrogen) atoms. The summed E-state index contributed by atoms with van der Waals surface area (Å²) in [6.07, 6.45) is -0.501. The van der Waals surface area contributed by atoms with Crippen molar-refractivity contribution in [1.29, 1.82) is 0 Å². The number of piperidine rings is 1. The first-order valence-corrected chi connectivity index (χ1v) is 12.3. The normalized spacial score (nSPS) is 18.1. The number of furan rings is 1. The number of amides is 1. The van der Waals surface area contributed by atoms with Crippen LogP contribution in [-0.4, -0.2) is 35.3 Å². The third kappa shape index (κ3) is 4.23. The molecule has 2 heterocycles. The van der Waals surface area contributed by atoms with Crippen LogP contribution < -0.4 is 0 Å². The number of para-hydroxylation sites is 2. The van der Waals surface area contributed by atoms with Gasteiger partial charge < -0.3 is 19.2 Å². The summed E-state index contributed by atoms with van der Waals surface area (Å²) in [5, 5.41) is 11.8. The highest BCUT2D eigenvalue weighted by molar-refractivity contribution is 6.05. The minimum absolute atomic E-state index is 0.0356. The Kier molecular flexibility index (Phi) is 5.91. The number of rotatable bonds is 5. The van der Waals surface area contributed by atoms with E-state index in [1.165, 1.54) is 10.5 Å². The van der Waals surface area contributed by atoms with Crippen LogP contribution in [0.4, 0.5) is 4.79 Å². The van der Waals surface area contributed by atoms with Crippen LogP contribution in [-0.2, 0) is 11.3 Å². The molecule has 0 bridgehead atoms. The Hall–Kier alpha value is -4.09. The molecular formula is C31H27NO4. The summed E-state index contributed by atoms with van der Waals surface area (Å²) in [5.41, 5.74) is 6.20. The number of carboxylic acid groups (broad SMARTS) is 1. The minimum atomic E-state index is -0.906. The summed E-state index contributed by atoms with van der Waals surface area (Å²) in [5.74, 6) is 0.0356. The second kappa shape index (κ2) is 9.51. The van der Waals surface area contributed by atoms with E-state index in [0.29, 0.717) is 26.1 Å². The Balaban J connectivity index is 1.27. The Morgan fingerprint density at radius 3 is 2.39 bits per heavy atom. The van der Waals surface area contributed by atoms with Gasteiger partial charge in [0, 0.05) is 28.8 Å². The van der Waals surface area contributed by atoms with Crippen molar-refractivity contribution in [3.63, 3.8) is 0 Å². The molecule has 1 amide bonds. The van der Waals surface area contributed by atoms with Crippen molar-refractivity contribution in [2.45, 2.75) is 25.0 Å². The lowest BCUT2D eigenvalue weighted by Gasteiger charge is -2.37. The predicted molar refractivity (Wildman–Crippen MR) is 141 cm³/mol. The molecule has 2 atom stereocenters. The van der Waals surface area contributed by atoms with Crippen LogP contribution in [0.2, 0.25) is 0 Å². The smallest absolute Gasteiger partial charge is 0.407 e. The summed E-state index contributed by atoms with van der Waals surface area (Å²) in [6.45, 7) is 1.22. The fourth-order valence-corrected chi connectivity index (χ4v) is 5.30. The summed E-state index contributed by atoms with van der Waals surface area (Å²) >= 11 is 0. The number of carbonyl (C=O) groups is 1. The van der Waals surface area contributed by atoms with Crippen molar-refractivity contribution in [2.75, 3.05) is 13.1 Å². The van der Waals surface area contributed by atoms with Crippen molar-refractivity contribution in [3.05, 3.63) is 108 Å². The van der Waals surface area contributed by atoms with Gasteiger partial charge in [-0.25, -0.2) is 4.79 Å². The van der Waals surface area contributed by atoms with Gasteiger partial charge in [0.1, 0.15) is 11.2 Å². The van der Waals surface area contributed by atoms with Crippen LogP contribution >= 0.6 is 0 Å². The van der Waals surface area contributed by atoms with Crippen molar-refractivity contribution >= 4 is 28.0 Å². The van der Waals surface area contributed by atoms with Gasteiger partial charge in [-0.15, -0.1) is 0 Å². The van der Waals surface area contributed by atoms with Gasteiger partial charge in [0.05, 0.1) is 19.3 Å². The average molecular weight is 478 g/mol. The SMILES string of the molecule is O=C(O)N1CC[C@H](c2cccc3c2oc2ccccc23)[C@@H](OCc2ccc(-c3ccccc3)cc2)C1. The molecule has 1 fully saturated rings. The van der Waals surface area contributed by atoms with Crippen LogP contribution in [0, 0.1) is 0 Å². The molecule has 5 heteroatoms. The summed E-state index contributed by atoms with van der Waals surface area (Å²) in [4.78, 5) is 13.2. The molecule has 1 aromatic heterocycles. The van der Waals surface area contributed by atoms with E-state index in [2.05, 4.69) is 60.7 Å². The van der Waals surface area contributed by atoms with Crippen molar-refractivity contribution in [1.82, 2.24) is 4.90 Å². The van der Waals surface area contributed by atoms with Gasteiger partial charge in [0.2, 0.25) is 0 Å². The van der Waals surface area contributed by atoms with Crippen molar-refractivity contribution in [3.8, 4) is 11.1 Å². The second-order valence-corrected chi connectivity index (χ2v) is 9.36. The third-order valence-corrected chi connectivity index (χ3v) is 7.19. The molecule has 1 aliphatic heterocycles. The maximum Gasteiger partial charge on any atom is 0.407 e. The first-order valence-electron chi connectivity index (χ1n) is 12.3. The van der Waals surface area contributed by atoms with Gasteiger partial charge >= 0.3 is 6.09 Å². The van der Waals surface area contributed by atoms with Gasteiger partial charge in [-0.1, -0.05) is 91.0 Å². The van der Waals surface area contributed by atoms with Gasteiger partial charge in [0.25, 0.3) is 0 Å². The zero-order chi connectivity index (χ0) is 24.5. The van der Waals surface area contributed by atoms with E-state index in [-0.39, 0.29) is 12.0 Å². The Labute approximate surface area is 209 Å². The van der Waals surface area contributed by atoms with Crippen LogP contribution in [0.15, 0.2) is 101 Å². The highest BCUT2D eigenvalue weighted by Crippen LogP contribution is 2.39. The lowest BCUT2D eigenvalue weighted by molar-refractivity contribution is -0.0198. The molecule has 1 N–H and O–H groups in total. The van der Waals surface area contributed by atoms with Crippen LogP contribution in [0.5, 0.6) is 0 Å². The summed E-state index contributed by atoms with van der Waals surface area (Å²) in [6, 6.07) is 32.9. The molecule has 1 saturated heterocycles. The van der Waals surface area contributed by atoms with Gasteiger partial charge in [-0.05, 0) is 29.2 Å². The van der Waals surface area contributed by atoms with E-state index in [0.717, 1.165) is 38.6 Å². The molecule has 0 unspecified atom stereocenters. The fourth-order valence-electron chi connectivity index (χ4n) is 5.30. The predicted octanol–water partition coefficient (Wildman–Crippen LogP) is 7.31. The molecule has 0 saturated carbocycles. The van der Waals surface area contributed by atoms with Crippen LogP contribution in [0.1, 0.15) is 23.5 Å². The zero-order valence-electron chi connectivity index (χ0n) is 19.8. The molecule has 180 valence electrons. The molecule has 5 aromatic rings. The molecule has 0 spiro atoms. The maximum absolute atomic E-state index is 11.8. The average Bonchev–Trinajstić information content (AvgIpc) is 3.31. The number of ether oxygens (including phenoxy) is 1. The number of nitrogens with zero attached hydrogens (tertiary/aromatic N) is 1. The topological polar surface area (TPSA) is 62.9 Å². The van der Waals surface area contributed by atoms with E-state index >= 15 is 0 Å². The molecule has 4 aromatic carbocycles. The Morgan fingerprint density at radius 1 is 0.861 bits per heavy atom. The van der Waals surface area contributed by atoms with E-state index < -0.39 is 6.09 Å². The quantitative estimate of drug-likeness (QED) is 0.288. The summed E-state index contributed by atoms with van der Waals surface area (Å²) in [7, 11) is 0. The number of hydrogen-bond acceptors (Lipinski definition) is 3. The number of likely N-dealkylation sites (tertiary alicyclic amines) is 1. The lowest BCUT2D eigenvalue weighted by atomic mass is 9.86. The van der Waals surface area contributed by atoms with E-state index in [1.54, 1.807) is 0 Å². The molecule has 0 radical (unpaired) electrons. The van der Waals surface area contributed by atoms with Crippen LogP contribution in [0.3, 0.4) is 0 Å². The standard InChI is InChI=1S/C31H27NO4/c33-31(34)32-18-17-25(27-11-6-10-26-24-9-4-5-12-28(24)36-30(26)27)29(19-32)35-20-21-13-15-23(16-14-21)22-7-2-1-3-8-22/h1-16,25,29H,17-20H2,(H,33,34)/t25-,29+/m1/s1. The van der Waals surface area contributed by atoms with Crippen LogP contribution in [0.25, 0.3) is 33.1 Å². The Morgan fingerprint density at radius 2 is 1.58 bits per heavy atom. The fraction of sp³-hybridized carbons (Fsp3) is 0.194. The largest absolute Gasteiger partial charge is 0.465 e. The van der Waals surface area contributed by atoms with Gasteiger partial charge in [-0.2, -0.15) is 0 Å². The highest BCUT2D eigenvalue weighted by atomic mass is 16.5. The number of hydrogen-bond donors (Lipinski definition) is 1. The molecular weight excluding hydrogens is 450 g/mol. The highest BCUT2D eigenvalue weighted by Gasteiger charge is 2.35. The van der Waals surface area contributed by atoms with E-state index in [1.807, 2.05) is 36.4 Å². The number of benzene rings is 4. The minimum Gasteiger partial charge on any atom is -0.465 e. The van der Waals surface area contributed by atoms with Gasteiger partial charge in [-0.3, -0.25) is 0 Å². The first-order chi connectivity index (χ1) is 17.7. The maximum atomic E-state index is 11.8. The lowest BCUT2D eigenvalue weighted by Crippen LogP contribution is -2.46. The monoisotopic (exact) mass is 477 g/mol. The number of fused-ring (bicyclic) bond motifs is 3. The molecule has 5 nitrogen and oxygen atoms in total. The van der Waals surface area contributed by atoms with Crippen molar-refractivity contribution < 1.29 is 19.1 Å².